The summed E-state index contributed by atoms with van der Waals surface area (Å²) in [6.45, 7) is 6.06. The molecule has 0 amide bonds. The fourth-order valence-corrected chi connectivity index (χ4v) is 2.39. The second kappa shape index (κ2) is 8.07. The molecule has 0 bridgehead atoms. The van der Waals surface area contributed by atoms with Crippen molar-refractivity contribution < 1.29 is 9.47 Å². The van der Waals surface area contributed by atoms with Gasteiger partial charge < -0.3 is 20.1 Å². The highest BCUT2D eigenvalue weighted by atomic mass is 16.5. The number of rotatable bonds is 7. The predicted molar refractivity (Wildman–Crippen MR) is 80.3 cm³/mol. The van der Waals surface area contributed by atoms with E-state index in [2.05, 4.69) is 9.88 Å². The molecule has 112 valence electrons. The first kappa shape index (κ1) is 15.1. The summed E-state index contributed by atoms with van der Waals surface area (Å²) in [4.78, 5) is 6.83. The largest absolute Gasteiger partial charge is 0.478 e. The number of hydrogen-bond donors (Lipinski definition) is 1. The van der Waals surface area contributed by atoms with Crippen molar-refractivity contribution in [2.45, 2.75) is 32.3 Å². The van der Waals surface area contributed by atoms with Gasteiger partial charge in [-0.05, 0) is 38.8 Å². The average molecular weight is 279 g/mol. The average Bonchev–Trinajstić information content (AvgIpc) is 2.49. The number of pyridine rings is 1. The molecule has 1 aliphatic rings. The molecule has 1 aromatic heterocycles. The summed E-state index contributed by atoms with van der Waals surface area (Å²) in [7, 11) is 0. The third kappa shape index (κ3) is 4.35. The van der Waals surface area contributed by atoms with Gasteiger partial charge in [0, 0.05) is 25.8 Å². The number of ether oxygens (including phenoxy) is 2. The molecule has 2 heterocycles. The van der Waals surface area contributed by atoms with Crippen molar-refractivity contribution in [3.05, 3.63) is 18.2 Å². The van der Waals surface area contributed by atoms with Gasteiger partial charge >= 0.3 is 0 Å². The monoisotopic (exact) mass is 279 g/mol. The van der Waals surface area contributed by atoms with E-state index in [1.54, 1.807) is 0 Å². The minimum Gasteiger partial charge on any atom is -0.478 e. The zero-order chi connectivity index (χ0) is 14.2. The zero-order valence-electron chi connectivity index (χ0n) is 12.3. The lowest BCUT2D eigenvalue weighted by atomic mass is 10.1. The van der Waals surface area contributed by atoms with Crippen LogP contribution in [0.4, 0.5) is 5.82 Å². The maximum absolute atomic E-state index is 5.82. The third-order valence-electron chi connectivity index (χ3n) is 3.47. The molecule has 0 spiro atoms. The Kier molecular flexibility index (Phi) is 6.08. The fraction of sp³-hybridized carbons (Fsp3) is 0.667. The zero-order valence-corrected chi connectivity index (χ0v) is 12.3. The maximum Gasteiger partial charge on any atom is 0.215 e. The SMILES string of the molecule is CCOc1cccc(N2CCC(OCCCN)CC2)n1. The van der Waals surface area contributed by atoms with E-state index in [9.17, 15) is 0 Å². The number of piperidine rings is 1. The van der Waals surface area contributed by atoms with Crippen LogP contribution in [0.25, 0.3) is 0 Å². The van der Waals surface area contributed by atoms with Gasteiger partial charge in [-0.2, -0.15) is 4.98 Å². The Labute approximate surface area is 121 Å². The third-order valence-corrected chi connectivity index (χ3v) is 3.47. The second-order valence-electron chi connectivity index (χ2n) is 4.97. The molecule has 1 aliphatic heterocycles. The van der Waals surface area contributed by atoms with E-state index in [4.69, 9.17) is 15.2 Å². The Morgan fingerprint density at radius 2 is 2.15 bits per heavy atom. The van der Waals surface area contributed by atoms with Crippen molar-refractivity contribution in [2.24, 2.45) is 5.73 Å². The van der Waals surface area contributed by atoms with Crippen molar-refractivity contribution >= 4 is 5.82 Å². The molecular formula is C15H25N3O2. The summed E-state index contributed by atoms with van der Waals surface area (Å²) >= 11 is 0. The molecule has 0 saturated carbocycles. The number of aromatic nitrogens is 1. The number of nitrogens with zero attached hydrogens (tertiary/aromatic N) is 2. The van der Waals surface area contributed by atoms with E-state index < -0.39 is 0 Å². The lowest BCUT2D eigenvalue weighted by Crippen LogP contribution is -2.37. The lowest BCUT2D eigenvalue weighted by molar-refractivity contribution is 0.0365. The first-order chi connectivity index (χ1) is 9.83. The Morgan fingerprint density at radius 3 is 2.85 bits per heavy atom. The van der Waals surface area contributed by atoms with Crippen LogP contribution in [0.3, 0.4) is 0 Å². The molecule has 1 aromatic rings. The van der Waals surface area contributed by atoms with Crippen molar-refractivity contribution in [1.29, 1.82) is 0 Å². The van der Waals surface area contributed by atoms with Gasteiger partial charge in [0.1, 0.15) is 5.82 Å². The molecule has 2 N–H and O–H groups in total. The van der Waals surface area contributed by atoms with Gasteiger partial charge in [0.05, 0.1) is 12.7 Å². The number of hydrogen-bond acceptors (Lipinski definition) is 5. The summed E-state index contributed by atoms with van der Waals surface area (Å²) in [5.41, 5.74) is 5.47. The molecule has 0 radical (unpaired) electrons. The molecule has 0 aliphatic carbocycles. The van der Waals surface area contributed by atoms with Gasteiger partial charge in [0.2, 0.25) is 5.88 Å². The smallest absolute Gasteiger partial charge is 0.215 e. The van der Waals surface area contributed by atoms with E-state index in [0.29, 0.717) is 25.1 Å². The molecular weight excluding hydrogens is 254 g/mol. The highest BCUT2D eigenvalue weighted by Crippen LogP contribution is 2.21. The summed E-state index contributed by atoms with van der Waals surface area (Å²) in [5.74, 6) is 1.70. The van der Waals surface area contributed by atoms with Crippen LogP contribution < -0.4 is 15.4 Å². The minimum atomic E-state index is 0.368. The summed E-state index contributed by atoms with van der Waals surface area (Å²) in [6, 6.07) is 5.94. The Bertz CT molecular complexity index is 392. The van der Waals surface area contributed by atoms with Crippen molar-refractivity contribution in [2.75, 3.05) is 37.7 Å². The van der Waals surface area contributed by atoms with Crippen molar-refractivity contribution in [3.8, 4) is 5.88 Å². The molecule has 5 heteroatoms. The number of nitrogens with two attached hydrogens (primary N) is 1. The molecule has 0 atom stereocenters. The van der Waals surface area contributed by atoms with E-state index in [0.717, 1.165) is 44.8 Å². The van der Waals surface area contributed by atoms with Crippen molar-refractivity contribution in [1.82, 2.24) is 4.98 Å². The van der Waals surface area contributed by atoms with Crippen LogP contribution in [0.5, 0.6) is 5.88 Å². The molecule has 1 saturated heterocycles. The number of anilines is 1. The normalized spacial score (nSPS) is 16.4. The van der Waals surface area contributed by atoms with Gasteiger partial charge in [-0.1, -0.05) is 6.07 Å². The van der Waals surface area contributed by atoms with Gasteiger partial charge in [-0.25, -0.2) is 0 Å². The van der Waals surface area contributed by atoms with Crippen LogP contribution in [0.1, 0.15) is 26.2 Å². The van der Waals surface area contributed by atoms with E-state index in [-0.39, 0.29) is 0 Å². The molecule has 1 fully saturated rings. The highest BCUT2D eigenvalue weighted by Gasteiger charge is 2.20. The highest BCUT2D eigenvalue weighted by molar-refractivity contribution is 5.41. The summed E-state index contributed by atoms with van der Waals surface area (Å²) in [5, 5.41) is 0. The van der Waals surface area contributed by atoms with Crippen LogP contribution in [-0.2, 0) is 4.74 Å². The van der Waals surface area contributed by atoms with E-state index in [1.807, 2.05) is 25.1 Å². The fourth-order valence-electron chi connectivity index (χ4n) is 2.39. The van der Waals surface area contributed by atoms with Gasteiger partial charge in [0.25, 0.3) is 0 Å². The van der Waals surface area contributed by atoms with E-state index >= 15 is 0 Å². The first-order valence-electron chi connectivity index (χ1n) is 7.50. The van der Waals surface area contributed by atoms with Crippen molar-refractivity contribution in [3.63, 3.8) is 0 Å². The first-order valence-corrected chi connectivity index (χ1v) is 7.50. The predicted octanol–water partition coefficient (Wildman–Crippen LogP) is 1.81. The van der Waals surface area contributed by atoms with E-state index in [1.165, 1.54) is 0 Å². The molecule has 20 heavy (non-hydrogen) atoms. The minimum absolute atomic E-state index is 0.368. The molecule has 0 aromatic carbocycles. The summed E-state index contributed by atoms with van der Waals surface area (Å²) < 4.78 is 11.3. The quantitative estimate of drug-likeness (QED) is 0.771. The van der Waals surface area contributed by atoms with Crippen LogP contribution in [0.15, 0.2) is 18.2 Å². The van der Waals surface area contributed by atoms with Crippen LogP contribution >= 0.6 is 0 Å². The lowest BCUT2D eigenvalue weighted by Gasteiger charge is -2.32. The molecule has 2 rings (SSSR count). The molecule has 0 unspecified atom stereocenters. The Balaban J connectivity index is 1.82. The maximum atomic E-state index is 5.82. The van der Waals surface area contributed by atoms with Crippen LogP contribution in [0, 0.1) is 0 Å². The van der Waals surface area contributed by atoms with Gasteiger partial charge in [-0.3, -0.25) is 0 Å². The Hall–Kier alpha value is -1.33. The van der Waals surface area contributed by atoms with Gasteiger partial charge in [0.15, 0.2) is 0 Å². The summed E-state index contributed by atoms with van der Waals surface area (Å²) in [6.07, 6.45) is 3.40. The van der Waals surface area contributed by atoms with Gasteiger partial charge in [-0.15, -0.1) is 0 Å². The molecule has 5 nitrogen and oxygen atoms in total. The second-order valence-corrected chi connectivity index (χ2v) is 4.97. The standard InChI is InChI=1S/C15H25N3O2/c1-2-19-15-6-3-5-14(17-15)18-10-7-13(8-11-18)20-12-4-9-16/h3,5-6,13H,2,4,7-12,16H2,1H3. The topological polar surface area (TPSA) is 60.6 Å². The van der Waals surface area contributed by atoms with Crippen LogP contribution in [0.2, 0.25) is 0 Å². The van der Waals surface area contributed by atoms with Crippen LogP contribution in [-0.4, -0.2) is 43.9 Å². The Morgan fingerprint density at radius 1 is 1.35 bits per heavy atom.